The van der Waals surface area contributed by atoms with E-state index in [4.69, 9.17) is 4.74 Å². The molecule has 2 aliphatic heterocycles. The Balaban J connectivity index is 1.85. The van der Waals surface area contributed by atoms with Crippen LogP contribution in [0, 0.1) is 0 Å². The molecule has 2 atom stereocenters. The fraction of sp³-hybridized carbons (Fsp3) is 0.286. The summed E-state index contributed by atoms with van der Waals surface area (Å²) in [6.45, 7) is 4.49. The number of hydrogen-bond donors (Lipinski definition) is 1. The van der Waals surface area contributed by atoms with Crippen molar-refractivity contribution < 1.29 is 22.7 Å². The second-order valence-corrected chi connectivity index (χ2v) is 6.90. The van der Waals surface area contributed by atoms with E-state index in [9.17, 15) is 18.0 Å². The van der Waals surface area contributed by atoms with E-state index >= 15 is 0 Å². The quantitative estimate of drug-likeness (QED) is 0.802. The predicted octanol–water partition coefficient (Wildman–Crippen LogP) is 4.82. The molecule has 2 heterocycles. The number of nitrogens with one attached hydrogen (secondary N) is 1. The fourth-order valence-corrected chi connectivity index (χ4v) is 4.06. The van der Waals surface area contributed by atoms with E-state index in [-0.39, 0.29) is 0 Å². The first-order chi connectivity index (χ1) is 13.4. The second-order valence-electron chi connectivity index (χ2n) is 6.90. The van der Waals surface area contributed by atoms with Crippen LogP contribution < -0.4 is 15.0 Å². The number of amides is 1. The fourth-order valence-electron chi connectivity index (χ4n) is 4.06. The Morgan fingerprint density at radius 2 is 1.93 bits per heavy atom. The highest BCUT2D eigenvalue weighted by atomic mass is 19.4. The molecule has 0 aromatic heterocycles. The van der Waals surface area contributed by atoms with Gasteiger partial charge in [0.05, 0.1) is 17.8 Å². The standard InChI is InChI=1S/C21H19F3N2O2/c1-2-13-7-5-11-17-18(13)26-12-6-9-15(25-20(27)21(22,23)24)19(26)14-8-3-4-10-16(14)28-17/h2-5,7-8,10-11,15,19H,1,6,9,12H2,(H,25,27). The lowest BCUT2D eigenvalue weighted by Gasteiger charge is -2.43. The maximum atomic E-state index is 12.9. The molecule has 146 valence electrons. The molecule has 4 rings (SSSR count). The highest BCUT2D eigenvalue weighted by Crippen LogP contribution is 2.49. The van der Waals surface area contributed by atoms with Crippen molar-refractivity contribution in [3.63, 3.8) is 0 Å². The van der Waals surface area contributed by atoms with E-state index in [1.807, 2.05) is 41.3 Å². The highest BCUT2D eigenvalue weighted by Gasteiger charge is 2.44. The maximum Gasteiger partial charge on any atom is 0.471 e. The molecule has 0 saturated carbocycles. The van der Waals surface area contributed by atoms with E-state index in [1.54, 1.807) is 12.1 Å². The number of ether oxygens (including phenoxy) is 1. The molecule has 1 saturated heterocycles. The number of hydrogen-bond acceptors (Lipinski definition) is 3. The van der Waals surface area contributed by atoms with Gasteiger partial charge in [-0.25, -0.2) is 0 Å². The molecule has 0 spiro atoms. The summed E-state index contributed by atoms with van der Waals surface area (Å²) >= 11 is 0. The second kappa shape index (κ2) is 6.89. The average molecular weight is 388 g/mol. The van der Waals surface area contributed by atoms with Gasteiger partial charge in [-0.05, 0) is 25.0 Å². The number of benzene rings is 2. The molecule has 7 heteroatoms. The summed E-state index contributed by atoms with van der Waals surface area (Å²) in [5.41, 5.74) is 2.36. The number of rotatable bonds is 2. The van der Waals surface area contributed by atoms with Gasteiger partial charge in [-0.1, -0.05) is 43.0 Å². The Morgan fingerprint density at radius 1 is 1.18 bits per heavy atom. The molecule has 4 nitrogen and oxygen atoms in total. The van der Waals surface area contributed by atoms with Gasteiger partial charge in [0.25, 0.3) is 0 Å². The van der Waals surface area contributed by atoms with Crippen molar-refractivity contribution in [3.8, 4) is 11.5 Å². The predicted molar refractivity (Wildman–Crippen MR) is 100 cm³/mol. The monoisotopic (exact) mass is 388 g/mol. The van der Waals surface area contributed by atoms with Crippen molar-refractivity contribution in [1.29, 1.82) is 0 Å². The normalized spacial score (nSPS) is 20.8. The van der Waals surface area contributed by atoms with Crippen LogP contribution in [0.1, 0.15) is 30.0 Å². The first-order valence-corrected chi connectivity index (χ1v) is 9.06. The van der Waals surface area contributed by atoms with Gasteiger partial charge in [-0.3, -0.25) is 4.79 Å². The molecule has 1 N–H and O–H groups in total. The van der Waals surface area contributed by atoms with E-state index in [0.29, 0.717) is 30.9 Å². The van der Waals surface area contributed by atoms with Crippen LogP contribution in [0.5, 0.6) is 11.5 Å². The van der Waals surface area contributed by atoms with Gasteiger partial charge in [0.1, 0.15) is 5.75 Å². The van der Waals surface area contributed by atoms with Crippen molar-refractivity contribution in [3.05, 3.63) is 60.2 Å². The minimum atomic E-state index is -4.92. The van der Waals surface area contributed by atoms with Crippen molar-refractivity contribution in [2.75, 3.05) is 11.4 Å². The third-order valence-corrected chi connectivity index (χ3v) is 5.20. The minimum absolute atomic E-state index is 0.447. The number of piperidine rings is 1. The van der Waals surface area contributed by atoms with Crippen molar-refractivity contribution in [2.24, 2.45) is 0 Å². The summed E-state index contributed by atoms with van der Waals surface area (Å²) in [5.74, 6) is -0.722. The third kappa shape index (κ3) is 3.10. The van der Waals surface area contributed by atoms with Crippen LogP contribution in [-0.2, 0) is 4.79 Å². The maximum absolute atomic E-state index is 12.9. The van der Waals surface area contributed by atoms with Crippen LogP contribution in [-0.4, -0.2) is 24.7 Å². The summed E-state index contributed by atoms with van der Waals surface area (Å²) in [5, 5.41) is 2.21. The van der Waals surface area contributed by atoms with Gasteiger partial charge < -0.3 is 15.0 Å². The third-order valence-electron chi connectivity index (χ3n) is 5.20. The number of anilines is 1. The topological polar surface area (TPSA) is 41.6 Å². The molecule has 0 aliphatic carbocycles. The molecule has 1 fully saturated rings. The summed E-state index contributed by atoms with van der Waals surface area (Å²) in [6, 6.07) is 11.7. The van der Waals surface area contributed by atoms with E-state index < -0.39 is 24.2 Å². The number of nitrogens with zero attached hydrogens (tertiary/aromatic N) is 1. The summed E-state index contributed by atoms with van der Waals surface area (Å²) in [4.78, 5) is 13.7. The Labute approximate surface area is 160 Å². The van der Waals surface area contributed by atoms with Crippen LogP contribution in [0.2, 0.25) is 0 Å². The van der Waals surface area contributed by atoms with Gasteiger partial charge in [0.2, 0.25) is 0 Å². The molecule has 2 aromatic carbocycles. The zero-order chi connectivity index (χ0) is 19.9. The molecule has 28 heavy (non-hydrogen) atoms. The van der Waals surface area contributed by atoms with Crippen molar-refractivity contribution >= 4 is 17.7 Å². The summed E-state index contributed by atoms with van der Waals surface area (Å²) in [6.07, 6.45) is -2.13. The van der Waals surface area contributed by atoms with E-state index in [2.05, 4.69) is 11.9 Å². The van der Waals surface area contributed by atoms with E-state index in [0.717, 1.165) is 16.8 Å². The van der Waals surface area contributed by atoms with Crippen LogP contribution >= 0.6 is 0 Å². The molecule has 2 aliphatic rings. The molecule has 1 amide bonds. The number of carbonyl (C=O) groups is 1. The Kier molecular flexibility index (Phi) is 4.53. The first-order valence-electron chi connectivity index (χ1n) is 9.06. The lowest BCUT2D eigenvalue weighted by molar-refractivity contribution is -0.174. The zero-order valence-corrected chi connectivity index (χ0v) is 15.0. The molecule has 2 aromatic rings. The Morgan fingerprint density at radius 3 is 2.68 bits per heavy atom. The van der Waals surface area contributed by atoms with Crippen molar-refractivity contribution in [2.45, 2.75) is 31.1 Å². The Bertz CT molecular complexity index is 926. The number of carbonyl (C=O) groups excluding carboxylic acids is 1. The smallest absolute Gasteiger partial charge is 0.455 e. The van der Waals surface area contributed by atoms with Crippen molar-refractivity contribution in [1.82, 2.24) is 5.32 Å². The van der Waals surface area contributed by atoms with Gasteiger partial charge in [-0.15, -0.1) is 0 Å². The Hall–Kier alpha value is -2.96. The van der Waals surface area contributed by atoms with Gasteiger partial charge in [0.15, 0.2) is 5.75 Å². The highest BCUT2D eigenvalue weighted by molar-refractivity contribution is 5.82. The van der Waals surface area contributed by atoms with Gasteiger partial charge >= 0.3 is 12.1 Å². The van der Waals surface area contributed by atoms with Crippen LogP contribution in [0.4, 0.5) is 18.9 Å². The first kappa shape index (κ1) is 18.4. The molecule has 2 unspecified atom stereocenters. The molecule has 0 bridgehead atoms. The number of alkyl halides is 3. The van der Waals surface area contributed by atoms with Gasteiger partial charge in [0, 0.05) is 17.7 Å². The molecule has 0 radical (unpaired) electrons. The summed E-state index contributed by atoms with van der Waals surface area (Å²) in [7, 11) is 0. The SMILES string of the molecule is C=Cc1cccc2c1N1CCCC(NC(=O)C(F)(F)F)C1c1ccccc1O2. The number of halogens is 3. The number of fused-ring (bicyclic) bond motifs is 5. The van der Waals surface area contributed by atoms with Gasteiger partial charge in [-0.2, -0.15) is 13.2 Å². The lowest BCUT2D eigenvalue weighted by atomic mass is 9.89. The van der Waals surface area contributed by atoms with E-state index in [1.165, 1.54) is 0 Å². The lowest BCUT2D eigenvalue weighted by Crippen LogP contribution is -2.52. The average Bonchev–Trinajstić information content (AvgIpc) is 2.82. The van der Waals surface area contributed by atoms with Crippen LogP contribution in [0.3, 0.4) is 0 Å². The summed E-state index contributed by atoms with van der Waals surface area (Å²) < 4.78 is 44.8. The number of para-hydroxylation sites is 2. The molecular formula is C21H19F3N2O2. The van der Waals surface area contributed by atoms with Crippen LogP contribution in [0.25, 0.3) is 6.08 Å². The minimum Gasteiger partial charge on any atom is -0.455 e. The van der Waals surface area contributed by atoms with Crippen LogP contribution in [0.15, 0.2) is 49.0 Å². The zero-order valence-electron chi connectivity index (χ0n) is 15.0. The molecular weight excluding hydrogens is 369 g/mol. The largest absolute Gasteiger partial charge is 0.471 e.